The van der Waals surface area contributed by atoms with Crippen molar-refractivity contribution < 1.29 is 0 Å². The third-order valence-corrected chi connectivity index (χ3v) is 2.80. The third-order valence-electron chi connectivity index (χ3n) is 1.99. The molecule has 2 rings (SSSR count). The van der Waals surface area contributed by atoms with E-state index < -0.39 is 0 Å². The molecule has 0 aliphatic rings. The Hall–Kier alpha value is -1.22. The van der Waals surface area contributed by atoms with E-state index in [-0.39, 0.29) is 0 Å². The van der Waals surface area contributed by atoms with Gasteiger partial charge in [0.2, 0.25) is 0 Å². The van der Waals surface area contributed by atoms with Crippen molar-refractivity contribution in [3.05, 3.63) is 46.8 Å². The highest BCUT2D eigenvalue weighted by atomic mass is 79.9. The largest absolute Gasteiger partial charge is 0.264 e. The first-order valence-electron chi connectivity index (χ1n) is 4.31. The van der Waals surface area contributed by atoms with Gasteiger partial charge in [-0.05, 0) is 46.6 Å². The molecule has 2 heterocycles. The minimum absolute atomic E-state index is 0.888. The van der Waals surface area contributed by atoms with Crippen molar-refractivity contribution in [3.8, 4) is 11.3 Å². The lowest BCUT2D eigenvalue weighted by Crippen LogP contribution is -1.87. The first-order chi connectivity index (χ1) is 6.77. The van der Waals surface area contributed by atoms with Gasteiger partial charge in [0.25, 0.3) is 0 Å². The molecule has 0 aliphatic heterocycles. The normalized spacial score (nSPS) is 10.1. The summed E-state index contributed by atoms with van der Waals surface area (Å²) in [4.78, 5) is 8.48. The Kier molecular flexibility index (Phi) is 2.59. The Balaban J connectivity index is 2.48. The van der Waals surface area contributed by atoms with Crippen molar-refractivity contribution in [1.82, 2.24) is 9.97 Å². The highest BCUT2D eigenvalue weighted by molar-refractivity contribution is 9.10. The molecule has 0 bridgehead atoms. The van der Waals surface area contributed by atoms with Crippen LogP contribution in [0.3, 0.4) is 0 Å². The van der Waals surface area contributed by atoms with Gasteiger partial charge in [0.15, 0.2) is 0 Å². The van der Waals surface area contributed by atoms with Gasteiger partial charge in [0.1, 0.15) is 4.60 Å². The van der Waals surface area contributed by atoms with Gasteiger partial charge in [-0.15, -0.1) is 0 Å². The van der Waals surface area contributed by atoms with E-state index in [1.165, 1.54) is 0 Å². The van der Waals surface area contributed by atoms with Gasteiger partial charge in [0, 0.05) is 18.0 Å². The number of nitrogens with zero attached hydrogens (tertiary/aromatic N) is 2. The van der Waals surface area contributed by atoms with Crippen LogP contribution in [0.1, 0.15) is 5.56 Å². The molecule has 2 aromatic rings. The van der Waals surface area contributed by atoms with Crippen LogP contribution in [0.15, 0.2) is 41.3 Å². The van der Waals surface area contributed by atoms with Crippen molar-refractivity contribution in [2.24, 2.45) is 0 Å². The third kappa shape index (κ3) is 1.82. The Morgan fingerprint density at radius 2 is 2.07 bits per heavy atom. The lowest BCUT2D eigenvalue weighted by atomic mass is 10.2. The summed E-state index contributed by atoms with van der Waals surface area (Å²) in [7, 11) is 0. The molecule has 0 aliphatic carbocycles. The van der Waals surface area contributed by atoms with Crippen molar-refractivity contribution in [1.29, 1.82) is 0 Å². The quantitative estimate of drug-likeness (QED) is 0.725. The summed E-state index contributed by atoms with van der Waals surface area (Å²) in [5.41, 5.74) is 3.11. The zero-order valence-corrected chi connectivity index (χ0v) is 9.32. The number of hydrogen-bond donors (Lipinski definition) is 0. The molecule has 0 saturated heterocycles. The topological polar surface area (TPSA) is 25.8 Å². The maximum atomic E-state index is 4.42. The molecule has 0 saturated carbocycles. The van der Waals surface area contributed by atoms with Gasteiger partial charge in [0.05, 0.1) is 5.69 Å². The highest BCUT2D eigenvalue weighted by Crippen LogP contribution is 2.20. The fourth-order valence-corrected chi connectivity index (χ4v) is 1.50. The van der Waals surface area contributed by atoms with E-state index in [1.807, 2.05) is 37.4 Å². The second kappa shape index (κ2) is 3.88. The molecular weight excluding hydrogens is 240 g/mol. The molecule has 0 amide bonds. The maximum Gasteiger partial charge on any atom is 0.109 e. The van der Waals surface area contributed by atoms with Crippen LogP contribution in [0.5, 0.6) is 0 Å². The minimum Gasteiger partial charge on any atom is -0.264 e. The van der Waals surface area contributed by atoms with Gasteiger partial charge in [-0.25, -0.2) is 4.98 Å². The molecule has 0 radical (unpaired) electrons. The van der Waals surface area contributed by atoms with E-state index in [4.69, 9.17) is 0 Å². The Bertz CT molecular complexity index is 440. The number of halogens is 1. The average molecular weight is 249 g/mol. The molecule has 0 N–H and O–H groups in total. The van der Waals surface area contributed by atoms with Gasteiger partial charge >= 0.3 is 0 Å². The van der Waals surface area contributed by atoms with Gasteiger partial charge < -0.3 is 0 Å². The van der Waals surface area contributed by atoms with Crippen molar-refractivity contribution in [2.45, 2.75) is 6.92 Å². The summed E-state index contributed by atoms with van der Waals surface area (Å²) < 4.78 is 0.888. The standard InChI is InChI=1S/C11H9BrN2/c1-8-4-5-10(14-11(8)12)9-3-2-6-13-7-9/h2-7H,1H3. The smallest absolute Gasteiger partial charge is 0.109 e. The van der Waals surface area contributed by atoms with Crippen LogP contribution in [0.4, 0.5) is 0 Å². The van der Waals surface area contributed by atoms with Crippen LogP contribution >= 0.6 is 15.9 Å². The van der Waals surface area contributed by atoms with Crippen LogP contribution in [0, 0.1) is 6.92 Å². The van der Waals surface area contributed by atoms with Gasteiger partial charge in [-0.1, -0.05) is 6.07 Å². The second-order valence-electron chi connectivity index (χ2n) is 3.05. The van der Waals surface area contributed by atoms with E-state index >= 15 is 0 Å². The summed E-state index contributed by atoms with van der Waals surface area (Å²) in [6.45, 7) is 2.02. The van der Waals surface area contributed by atoms with E-state index in [9.17, 15) is 0 Å². The lowest BCUT2D eigenvalue weighted by Gasteiger charge is -2.02. The first kappa shape index (κ1) is 9.34. The zero-order valence-electron chi connectivity index (χ0n) is 7.74. The molecule has 0 atom stereocenters. The lowest BCUT2D eigenvalue weighted by molar-refractivity contribution is 1.21. The number of hydrogen-bond acceptors (Lipinski definition) is 2. The monoisotopic (exact) mass is 248 g/mol. The van der Waals surface area contributed by atoms with E-state index in [0.29, 0.717) is 0 Å². The van der Waals surface area contributed by atoms with Crippen molar-refractivity contribution in [3.63, 3.8) is 0 Å². The van der Waals surface area contributed by atoms with Gasteiger partial charge in [-0.2, -0.15) is 0 Å². The predicted molar refractivity (Wildman–Crippen MR) is 59.9 cm³/mol. The summed E-state index contributed by atoms with van der Waals surface area (Å²) in [6.07, 6.45) is 3.57. The van der Waals surface area contributed by atoms with Crippen LogP contribution in [-0.4, -0.2) is 9.97 Å². The van der Waals surface area contributed by atoms with Crippen LogP contribution in [0.2, 0.25) is 0 Å². The van der Waals surface area contributed by atoms with Crippen LogP contribution in [-0.2, 0) is 0 Å². The molecule has 0 aromatic carbocycles. The molecule has 3 heteroatoms. The summed E-state index contributed by atoms with van der Waals surface area (Å²) in [6, 6.07) is 7.94. The fraction of sp³-hybridized carbons (Fsp3) is 0.0909. The molecular formula is C11H9BrN2. The molecule has 2 nitrogen and oxygen atoms in total. The Morgan fingerprint density at radius 1 is 1.21 bits per heavy atom. The molecule has 70 valence electrons. The minimum atomic E-state index is 0.888. The average Bonchev–Trinajstić information content (AvgIpc) is 2.23. The molecule has 0 spiro atoms. The van der Waals surface area contributed by atoms with E-state index in [1.54, 1.807) is 6.20 Å². The fourth-order valence-electron chi connectivity index (χ4n) is 1.18. The predicted octanol–water partition coefficient (Wildman–Crippen LogP) is 3.21. The summed E-state index contributed by atoms with van der Waals surface area (Å²) in [5, 5.41) is 0. The number of aryl methyl sites for hydroxylation is 1. The van der Waals surface area contributed by atoms with Crippen molar-refractivity contribution in [2.75, 3.05) is 0 Å². The number of aromatic nitrogens is 2. The van der Waals surface area contributed by atoms with E-state index in [2.05, 4.69) is 25.9 Å². The van der Waals surface area contributed by atoms with Gasteiger partial charge in [-0.3, -0.25) is 4.98 Å². The molecule has 2 aromatic heterocycles. The molecule has 14 heavy (non-hydrogen) atoms. The summed E-state index contributed by atoms with van der Waals surface area (Å²) >= 11 is 3.41. The van der Waals surface area contributed by atoms with Crippen molar-refractivity contribution >= 4 is 15.9 Å². The first-order valence-corrected chi connectivity index (χ1v) is 5.10. The van der Waals surface area contributed by atoms with E-state index in [0.717, 1.165) is 21.4 Å². The second-order valence-corrected chi connectivity index (χ2v) is 3.80. The summed E-state index contributed by atoms with van der Waals surface area (Å²) in [5.74, 6) is 0. The Morgan fingerprint density at radius 3 is 2.71 bits per heavy atom. The molecule has 0 unspecified atom stereocenters. The number of rotatable bonds is 1. The van der Waals surface area contributed by atoms with Crippen LogP contribution < -0.4 is 0 Å². The highest BCUT2D eigenvalue weighted by Gasteiger charge is 2.01. The zero-order chi connectivity index (χ0) is 9.97. The maximum absolute atomic E-state index is 4.42. The Labute approximate surface area is 91.2 Å². The number of pyridine rings is 2. The van der Waals surface area contributed by atoms with Crippen LogP contribution in [0.25, 0.3) is 11.3 Å². The SMILES string of the molecule is Cc1ccc(-c2cccnc2)nc1Br. The molecule has 0 fully saturated rings.